The van der Waals surface area contributed by atoms with Gasteiger partial charge in [-0.1, -0.05) is 6.07 Å². The fraction of sp³-hybridized carbons (Fsp3) is 0.176. The number of carbonyl (C=O) groups excluding carboxylic acids is 2. The number of carbonyl (C=O) groups is 2. The predicted molar refractivity (Wildman–Crippen MR) is 79.9 cm³/mol. The highest BCUT2D eigenvalue weighted by Crippen LogP contribution is 2.14. The third-order valence-corrected chi connectivity index (χ3v) is 3.32. The van der Waals surface area contributed by atoms with Gasteiger partial charge in [-0.2, -0.15) is 0 Å². The van der Waals surface area contributed by atoms with E-state index in [1.807, 2.05) is 0 Å². The van der Waals surface area contributed by atoms with E-state index >= 15 is 0 Å². The van der Waals surface area contributed by atoms with Crippen molar-refractivity contribution in [1.82, 2.24) is 4.90 Å². The Labute approximate surface area is 132 Å². The number of methoxy groups -OCH3 is 1. The molecule has 120 valence electrons. The summed E-state index contributed by atoms with van der Waals surface area (Å²) in [5.41, 5.74) is 0.896. The summed E-state index contributed by atoms with van der Waals surface area (Å²) in [4.78, 5) is 24.9. The van der Waals surface area contributed by atoms with Crippen LogP contribution in [-0.2, 0) is 11.3 Å². The van der Waals surface area contributed by atoms with Crippen molar-refractivity contribution in [2.45, 2.75) is 6.54 Å². The maximum Gasteiger partial charge on any atom is 0.337 e. The molecule has 0 aliphatic carbocycles. The average Bonchev–Trinajstić information content (AvgIpc) is 2.56. The van der Waals surface area contributed by atoms with E-state index in [9.17, 15) is 18.4 Å². The molecule has 4 nitrogen and oxygen atoms in total. The van der Waals surface area contributed by atoms with E-state index in [-0.39, 0.29) is 18.0 Å². The summed E-state index contributed by atoms with van der Waals surface area (Å²) >= 11 is 0. The second-order valence-electron chi connectivity index (χ2n) is 4.97. The van der Waals surface area contributed by atoms with Gasteiger partial charge < -0.3 is 9.64 Å². The Hall–Kier alpha value is -2.76. The van der Waals surface area contributed by atoms with Crippen LogP contribution in [0.1, 0.15) is 26.3 Å². The molecule has 6 heteroatoms. The van der Waals surface area contributed by atoms with Crippen LogP contribution in [-0.4, -0.2) is 30.9 Å². The molecule has 0 unspecified atom stereocenters. The molecule has 0 aliphatic rings. The number of halogens is 2. The molecule has 0 saturated carbocycles. The Morgan fingerprint density at radius 2 is 1.65 bits per heavy atom. The van der Waals surface area contributed by atoms with E-state index in [0.29, 0.717) is 11.1 Å². The van der Waals surface area contributed by atoms with Crippen LogP contribution in [0.2, 0.25) is 0 Å². The molecule has 0 N–H and O–H groups in total. The fourth-order valence-corrected chi connectivity index (χ4v) is 2.06. The molecule has 2 rings (SSSR count). The molecule has 0 saturated heterocycles. The van der Waals surface area contributed by atoms with Crippen LogP contribution >= 0.6 is 0 Å². The number of rotatable bonds is 4. The van der Waals surface area contributed by atoms with E-state index in [4.69, 9.17) is 0 Å². The molecule has 0 atom stereocenters. The first-order chi connectivity index (χ1) is 10.9. The number of benzene rings is 2. The molecule has 23 heavy (non-hydrogen) atoms. The maximum atomic E-state index is 13.6. The van der Waals surface area contributed by atoms with Crippen molar-refractivity contribution < 1.29 is 23.1 Å². The van der Waals surface area contributed by atoms with Crippen LogP contribution < -0.4 is 0 Å². The Bertz CT molecular complexity index is 729. The van der Waals surface area contributed by atoms with Crippen LogP contribution in [0.25, 0.3) is 0 Å². The number of ether oxygens (including phenoxy) is 1. The third kappa shape index (κ3) is 3.91. The molecular weight excluding hydrogens is 304 g/mol. The van der Waals surface area contributed by atoms with Crippen molar-refractivity contribution in [3.63, 3.8) is 0 Å². The zero-order chi connectivity index (χ0) is 17.0. The van der Waals surface area contributed by atoms with E-state index in [2.05, 4.69) is 4.74 Å². The number of nitrogens with zero attached hydrogens (tertiary/aromatic N) is 1. The van der Waals surface area contributed by atoms with Crippen molar-refractivity contribution in [1.29, 1.82) is 0 Å². The molecule has 0 radical (unpaired) electrons. The normalized spacial score (nSPS) is 10.3. The van der Waals surface area contributed by atoms with Gasteiger partial charge in [0.15, 0.2) is 0 Å². The minimum Gasteiger partial charge on any atom is -0.465 e. The van der Waals surface area contributed by atoms with Crippen molar-refractivity contribution in [2.24, 2.45) is 0 Å². The maximum absolute atomic E-state index is 13.6. The first-order valence-electron chi connectivity index (χ1n) is 6.80. The number of hydrogen-bond acceptors (Lipinski definition) is 3. The molecule has 0 heterocycles. The lowest BCUT2D eigenvalue weighted by Crippen LogP contribution is -2.26. The van der Waals surface area contributed by atoms with Gasteiger partial charge in [0, 0.05) is 30.8 Å². The minimum atomic E-state index is -0.703. The van der Waals surface area contributed by atoms with Crippen LogP contribution in [0.5, 0.6) is 0 Å². The highest BCUT2D eigenvalue weighted by atomic mass is 19.1. The van der Waals surface area contributed by atoms with E-state index in [1.54, 1.807) is 0 Å². The van der Waals surface area contributed by atoms with Gasteiger partial charge in [0.2, 0.25) is 0 Å². The van der Waals surface area contributed by atoms with Gasteiger partial charge in [-0.3, -0.25) is 4.79 Å². The second-order valence-corrected chi connectivity index (χ2v) is 4.97. The summed E-state index contributed by atoms with van der Waals surface area (Å²) in [6.07, 6.45) is 0. The molecule has 2 aromatic rings. The van der Waals surface area contributed by atoms with Gasteiger partial charge in [-0.15, -0.1) is 0 Å². The number of esters is 1. The molecular formula is C17H15F2NO3. The summed E-state index contributed by atoms with van der Waals surface area (Å²) in [6.45, 7) is 0.00367. The monoisotopic (exact) mass is 319 g/mol. The SMILES string of the molecule is COC(=O)c1ccc(C(=O)N(C)Cc2ccc(F)cc2F)cc1. The highest BCUT2D eigenvalue weighted by molar-refractivity contribution is 5.96. The van der Waals surface area contributed by atoms with Crippen molar-refractivity contribution in [3.8, 4) is 0 Å². The van der Waals surface area contributed by atoms with Gasteiger partial charge in [0.1, 0.15) is 11.6 Å². The average molecular weight is 319 g/mol. The molecule has 1 amide bonds. The summed E-state index contributed by atoms with van der Waals surface area (Å²) in [6, 6.07) is 9.16. The third-order valence-electron chi connectivity index (χ3n) is 3.32. The summed E-state index contributed by atoms with van der Waals surface area (Å²) in [5, 5.41) is 0. The lowest BCUT2D eigenvalue weighted by molar-refractivity contribution is 0.0600. The molecule has 0 bridgehead atoms. The Kier molecular flexibility index (Phi) is 5.05. The predicted octanol–water partition coefficient (Wildman–Crippen LogP) is 3.02. The topological polar surface area (TPSA) is 46.6 Å². The fourth-order valence-electron chi connectivity index (χ4n) is 2.06. The number of amides is 1. The summed E-state index contributed by atoms with van der Waals surface area (Å²) in [5.74, 6) is -2.21. The Morgan fingerprint density at radius 3 is 2.22 bits per heavy atom. The molecule has 0 aromatic heterocycles. The quantitative estimate of drug-likeness (QED) is 0.814. The zero-order valence-electron chi connectivity index (χ0n) is 12.7. The zero-order valence-corrected chi connectivity index (χ0v) is 12.7. The van der Waals surface area contributed by atoms with Gasteiger partial charge in [0.25, 0.3) is 5.91 Å². The van der Waals surface area contributed by atoms with E-state index in [1.165, 1.54) is 49.4 Å². The minimum absolute atomic E-state index is 0.00367. The van der Waals surface area contributed by atoms with Crippen LogP contribution in [0.15, 0.2) is 42.5 Å². The first kappa shape index (κ1) is 16.6. The molecule has 2 aromatic carbocycles. The summed E-state index contributed by atoms with van der Waals surface area (Å²) in [7, 11) is 2.78. The lowest BCUT2D eigenvalue weighted by Gasteiger charge is -2.18. The van der Waals surface area contributed by atoms with Crippen LogP contribution in [0, 0.1) is 11.6 Å². The molecule has 0 spiro atoms. The Balaban J connectivity index is 2.11. The Morgan fingerprint density at radius 1 is 1.04 bits per heavy atom. The number of hydrogen-bond donors (Lipinski definition) is 0. The van der Waals surface area contributed by atoms with E-state index in [0.717, 1.165) is 12.1 Å². The molecule has 0 aliphatic heterocycles. The van der Waals surface area contributed by atoms with Crippen molar-refractivity contribution in [2.75, 3.05) is 14.2 Å². The van der Waals surface area contributed by atoms with Gasteiger partial charge in [0.05, 0.1) is 12.7 Å². The second kappa shape index (κ2) is 7.00. The van der Waals surface area contributed by atoms with E-state index < -0.39 is 17.6 Å². The highest BCUT2D eigenvalue weighted by Gasteiger charge is 2.15. The van der Waals surface area contributed by atoms with Crippen LogP contribution in [0.4, 0.5) is 8.78 Å². The largest absolute Gasteiger partial charge is 0.465 e. The van der Waals surface area contributed by atoms with Crippen molar-refractivity contribution >= 4 is 11.9 Å². The van der Waals surface area contributed by atoms with Gasteiger partial charge in [-0.05, 0) is 30.3 Å². The van der Waals surface area contributed by atoms with Gasteiger partial charge >= 0.3 is 5.97 Å². The first-order valence-corrected chi connectivity index (χ1v) is 6.80. The standard InChI is InChI=1S/C17H15F2NO3/c1-20(10-13-7-8-14(18)9-15(13)19)16(21)11-3-5-12(6-4-11)17(22)23-2/h3-9H,10H2,1-2H3. The summed E-state index contributed by atoms with van der Waals surface area (Å²) < 4.78 is 31.1. The smallest absolute Gasteiger partial charge is 0.337 e. The van der Waals surface area contributed by atoms with Crippen LogP contribution in [0.3, 0.4) is 0 Å². The van der Waals surface area contributed by atoms with Crippen molar-refractivity contribution in [3.05, 3.63) is 70.8 Å². The van der Waals surface area contributed by atoms with Gasteiger partial charge in [-0.25, -0.2) is 13.6 Å². The lowest BCUT2D eigenvalue weighted by atomic mass is 10.1. The molecule has 0 fully saturated rings.